The number of halogens is 4. The number of hydrogen-bond acceptors (Lipinski definition) is 2. The average Bonchev–Trinajstić information content (AvgIpc) is 2.34. The first-order chi connectivity index (χ1) is 8.77. The molecule has 1 unspecified atom stereocenters. The van der Waals surface area contributed by atoms with Gasteiger partial charge in [0.25, 0.3) is 0 Å². The van der Waals surface area contributed by atoms with E-state index in [2.05, 4.69) is 15.9 Å². The number of carbonyl (C=O) groups excluding carboxylic acids is 1. The second kappa shape index (κ2) is 6.52. The normalized spacial score (nSPS) is 13.4. The van der Waals surface area contributed by atoms with Gasteiger partial charge in [0.1, 0.15) is 0 Å². The lowest BCUT2D eigenvalue weighted by Crippen LogP contribution is -2.15. The molecule has 0 amide bonds. The Morgan fingerprint density at radius 1 is 1.42 bits per heavy atom. The minimum absolute atomic E-state index is 0.0684. The van der Waals surface area contributed by atoms with Crippen molar-refractivity contribution in [2.24, 2.45) is 5.92 Å². The number of rotatable bonds is 5. The van der Waals surface area contributed by atoms with Gasteiger partial charge >= 0.3 is 6.18 Å². The van der Waals surface area contributed by atoms with Crippen LogP contribution in [0.25, 0.3) is 0 Å². The van der Waals surface area contributed by atoms with Gasteiger partial charge in [-0.25, -0.2) is 0 Å². The number of Topliss-reactive ketones (excluding diaryl/α,β-unsaturated/α-hetero) is 1. The highest BCUT2D eigenvalue weighted by molar-refractivity contribution is 9.10. The molecule has 19 heavy (non-hydrogen) atoms. The summed E-state index contributed by atoms with van der Waals surface area (Å²) in [6.45, 7) is 2.08. The monoisotopic (exact) mass is 338 g/mol. The molecule has 1 aromatic rings. The summed E-state index contributed by atoms with van der Waals surface area (Å²) in [5.74, 6) is -0.683. The predicted molar refractivity (Wildman–Crippen MR) is 69.1 cm³/mol. The first-order valence-electron chi connectivity index (χ1n) is 5.67. The molecule has 0 bridgehead atoms. The van der Waals surface area contributed by atoms with E-state index >= 15 is 0 Å². The summed E-state index contributed by atoms with van der Waals surface area (Å²) in [4.78, 5) is 12.0. The summed E-state index contributed by atoms with van der Waals surface area (Å²) >= 11 is 2.84. The van der Waals surface area contributed by atoms with Gasteiger partial charge in [-0.2, -0.15) is 13.2 Å². The molecule has 0 aliphatic rings. The topological polar surface area (TPSA) is 26.3 Å². The van der Waals surface area contributed by atoms with Crippen molar-refractivity contribution in [2.75, 3.05) is 13.7 Å². The Bertz CT molecular complexity index is 458. The quantitative estimate of drug-likeness (QED) is 0.747. The van der Waals surface area contributed by atoms with Crippen LogP contribution in [0.2, 0.25) is 0 Å². The molecule has 0 aromatic heterocycles. The Morgan fingerprint density at radius 3 is 2.58 bits per heavy atom. The number of methoxy groups -OCH3 is 1. The van der Waals surface area contributed by atoms with Gasteiger partial charge in [-0.1, -0.05) is 28.9 Å². The van der Waals surface area contributed by atoms with E-state index in [1.54, 1.807) is 6.92 Å². The fraction of sp³-hybridized carbons (Fsp3) is 0.462. The smallest absolute Gasteiger partial charge is 0.385 e. The van der Waals surface area contributed by atoms with Crippen molar-refractivity contribution in [1.29, 1.82) is 0 Å². The van der Waals surface area contributed by atoms with Crippen LogP contribution in [0.1, 0.15) is 29.3 Å². The Hall–Kier alpha value is -0.880. The summed E-state index contributed by atoms with van der Waals surface area (Å²) in [5, 5.41) is 0. The van der Waals surface area contributed by atoms with Crippen LogP contribution in [0.15, 0.2) is 22.7 Å². The van der Waals surface area contributed by atoms with Crippen molar-refractivity contribution in [1.82, 2.24) is 0 Å². The zero-order valence-corrected chi connectivity index (χ0v) is 12.1. The third-order valence-electron chi connectivity index (χ3n) is 2.76. The van der Waals surface area contributed by atoms with Gasteiger partial charge < -0.3 is 4.74 Å². The molecular weight excluding hydrogens is 325 g/mol. The summed E-state index contributed by atoms with van der Waals surface area (Å²) in [5.41, 5.74) is -0.767. The summed E-state index contributed by atoms with van der Waals surface area (Å²) in [6.07, 6.45) is -4.00. The van der Waals surface area contributed by atoms with E-state index in [9.17, 15) is 18.0 Å². The van der Waals surface area contributed by atoms with Gasteiger partial charge in [-0.3, -0.25) is 4.79 Å². The van der Waals surface area contributed by atoms with E-state index in [0.717, 1.165) is 6.07 Å². The molecule has 0 saturated heterocycles. The van der Waals surface area contributed by atoms with Gasteiger partial charge in [0, 0.05) is 29.7 Å². The molecule has 1 aromatic carbocycles. The number of carbonyl (C=O) groups is 1. The minimum Gasteiger partial charge on any atom is -0.385 e. The predicted octanol–water partition coefficient (Wildman–Crippen LogP) is 4.32. The first kappa shape index (κ1) is 16.2. The second-order valence-electron chi connectivity index (χ2n) is 4.24. The van der Waals surface area contributed by atoms with Crippen molar-refractivity contribution in [3.8, 4) is 0 Å². The SMILES string of the molecule is COCCC(C)C(=O)c1ccc(Br)c(C(F)(F)F)c1. The van der Waals surface area contributed by atoms with Gasteiger partial charge in [0.05, 0.1) is 5.56 Å². The zero-order valence-electron chi connectivity index (χ0n) is 10.6. The molecular formula is C13H14BrF3O2. The van der Waals surface area contributed by atoms with E-state index in [-0.39, 0.29) is 21.7 Å². The zero-order chi connectivity index (χ0) is 14.6. The molecule has 0 fully saturated rings. The van der Waals surface area contributed by atoms with Gasteiger partial charge in [-0.15, -0.1) is 0 Å². The van der Waals surface area contributed by atoms with Crippen molar-refractivity contribution in [3.05, 3.63) is 33.8 Å². The lowest BCUT2D eigenvalue weighted by atomic mass is 9.95. The van der Waals surface area contributed by atoms with Crippen LogP contribution in [0, 0.1) is 5.92 Å². The van der Waals surface area contributed by atoms with E-state index < -0.39 is 11.7 Å². The molecule has 1 atom stereocenters. The number of benzene rings is 1. The maximum Gasteiger partial charge on any atom is 0.417 e. The summed E-state index contributed by atoms with van der Waals surface area (Å²) < 4.78 is 43.0. The molecule has 2 nitrogen and oxygen atoms in total. The molecule has 106 valence electrons. The Morgan fingerprint density at radius 2 is 2.05 bits per heavy atom. The Balaban J connectivity index is 2.99. The second-order valence-corrected chi connectivity index (χ2v) is 5.09. The van der Waals surface area contributed by atoms with E-state index in [1.807, 2.05) is 0 Å². The van der Waals surface area contributed by atoms with E-state index in [4.69, 9.17) is 4.74 Å². The molecule has 0 radical (unpaired) electrons. The third-order valence-corrected chi connectivity index (χ3v) is 3.45. The number of hydrogen-bond donors (Lipinski definition) is 0. The average molecular weight is 339 g/mol. The maximum atomic E-state index is 12.7. The van der Waals surface area contributed by atoms with Crippen LogP contribution in [0.3, 0.4) is 0 Å². The molecule has 0 saturated carbocycles. The fourth-order valence-electron chi connectivity index (χ4n) is 1.61. The van der Waals surface area contributed by atoms with Crippen LogP contribution >= 0.6 is 15.9 Å². The summed E-state index contributed by atoms with van der Waals surface area (Å²) in [7, 11) is 1.51. The van der Waals surface area contributed by atoms with Crippen LogP contribution in [-0.4, -0.2) is 19.5 Å². The lowest BCUT2D eigenvalue weighted by Gasteiger charge is -2.13. The van der Waals surface area contributed by atoms with Crippen molar-refractivity contribution in [3.63, 3.8) is 0 Å². The van der Waals surface area contributed by atoms with Gasteiger partial charge in [0.2, 0.25) is 0 Å². The van der Waals surface area contributed by atoms with Crippen LogP contribution < -0.4 is 0 Å². The fourth-order valence-corrected chi connectivity index (χ4v) is 2.08. The standard InChI is InChI=1S/C13H14BrF3O2/c1-8(5-6-19-2)12(18)9-3-4-11(14)10(7-9)13(15,16)17/h3-4,7-8H,5-6H2,1-2H3. The largest absolute Gasteiger partial charge is 0.417 e. The van der Waals surface area contributed by atoms with Crippen molar-refractivity contribution in [2.45, 2.75) is 19.5 Å². The highest BCUT2D eigenvalue weighted by Gasteiger charge is 2.33. The molecule has 0 aliphatic heterocycles. The molecule has 0 aliphatic carbocycles. The Kier molecular flexibility index (Phi) is 5.55. The molecule has 0 spiro atoms. The number of ether oxygens (including phenoxy) is 1. The Labute approximate surface area is 118 Å². The van der Waals surface area contributed by atoms with Crippen LogP contribution in [0.5, 0.6) is 0 Å². The van der Waals surface area contributed by atoms with Crippen LogP contribution in [-0.2, 0) is 10.9 Å². The highest BCUT2D eigenvalue weighted by atomic mass is 79.9. The number of ketones is 1. The molecule has 0 heterocycles. The highest BCUT2D eigenvalue weighted by Crippen LogP contribution is 2.35. The third kappa shape index (κ3) is 4.31. The lowest BCUT2D eigenvalue weighted by molar-refractivity contribution is -0.138. The maximum absolute atomic E-state index is 12.7. The van der Waals surface area contributed by atoms with E-state index in [0.29, 0.717) is 13.0 Å². The molecule has 6 heteroatoms. The molecule has 0 N–H and O–H groups in total. The van der Waals surface area contributed by atoms with Gasteiger partial charge in [0.15, 0.2) is 5.78 Å². The van der Waals surface area contributed by atoms with Crippen molar-refractivity contribution < 1.29 is 22.7 Å². The van der Waals surface area contributed by atoms with Gasteiger partial charge in [-0.05, 0) is 18.6 Å². The van der Waals surface area contributed by atoms with Crippen LogP contribution in [0.4, 0.5) is 13.2 Å². The molecule has 1 rings (SSSR count). The minimum atomic E-state index is -4.48. The number of alkyl halides is 3. The first-order valence-corrected chi connectivity index (χ1v) is 6.46. The summed E-state index contributed by atoms with van der Waals surface area (Å²) in [6, 6.07) is 3.53. The van der Waals surface area contributed by atoms with E-state index in [1.165, 1.54) is 19.2 Å². The van der Waals surface area contributed by atoms with Crippen molar-refractivity contribution >= 4 is 21.7 Å².